The highest BCUT2D eigenvalue weighted by atomic mass is 32.2. The van der Waals surface area contributed by atoms with Crippen molar-refractivity contribution in [3.8, 4) is 0 Å². The number of H-pyrrole nitrogens is 1. The van der Waals surface area contributed by atoms with E-state index < -0.39 is 12.0 Å². The molecule has 2 aliphatic heterocycles. The van der Waals surface area contributed by atoms with Crippen molar-refractivity contribution >= 4 is 35.4 Å². The molecule has 1 fully saturated rings. The number of carboxylic acids is 1. The van der Waals surface area contributed by atoms with E-state index in [4.69, 9.17) is 5.73 Å². The van der Waals surface area contributed by atoms with Crippen LogP contribution in [0, 0.1) is 0 Å². The molecule has 26 heavy (non-hydrogen) atoms. The molecule has 0 bridgehead atoms. The molecule has 4 N–H and O–H groups in total. The molecule has 0 radical (unpaired) electrons. The van der Waals surface area contributed by atoms with Gasteiger partial charge in [-0.1, -0.05) is 17.0 Å². The Hall–Kier alpha value is -2.52. The van der Waals surface area contributed by atoms with Crippen molar-refractivity contribution in [3.05, 3.63) is 17.1 Å². The van der Waals surface area contributed by atoms with Gasteiger partial charge in [0.1, 0.15) is 23.7 Å². The summed E-state index contributed by atoms with van der Waals surface area (Å²) in [6.45, 7) is 0.213. The second-order valence-electron chi connectivity index (χ2n) is 5.41. The first-order chi connectivity index (χ1) is 12.5. The quantitative estimate of drug-likeness (QED) is 0.358. The minimum atomic E-state index is -1.14. The zero-order valence-electron chi connectivity index (χ0n) is 13.0. The molecular formula is C11H12N10O3S2. The number of hydrogen-bond donors (Lipinski definition) is 3. The SMILES string of the molecule is NC1C(=O)N2C(C(=O)O)=C(CSc3nnn(Cc4nn[nH]n4)n3)CS[C@@H]12. The third-order valence-electron chi connectivity index (χ3n) is 3.77. The molecule has 2 aromatic heterocycles. The number of nitrogens with zero attached hydrogens (tertiary/aromatic N) is 8. The highest BCUT2D eigenvalue weighted by Gasteiger charge is 2.51. The van der Waals surface area contributed by atoms with Gasteiger partial charge in [0.25, 0.3) is 0 Å². The Morgan fingerprint density at radius 2 is 2.31 bits per heavy atom. The Labute approximate surface area is 153 Å². The number of β-lactam (4-membered cyclic amide) rings is 1. The van der Waals surface area contributed by atoms with Gasteiger partial charge in [0.2, 0.25) is 11.1 Å². The van der Waals surface area contributed by atoms with Crippen molar-refractivity contribution in [2.24, 2.45) is 5.73 Å². The van der Waals surface area contributed by atoms with E-state index >= 15 is 0 Å². The van der Waals surface area contributed by atoms with Gasteiger partial charge in [-0.2, -0.15) is 10.0 Å². The molecule has 13 nitrogen and oxygen atoms in total. The van der Waals surface area contributed by atoms with Crippen LogP contribution in [0.2, 0.25) is 0 Å². The number of tetrazole rings is 2. The summed E-state index contributed by atoms with van der Waals surface area (Å²) in [6, 6.07) is -0.643. The molecule has 0 aliphatic carbocycles. The summed E-state index contributed by atoms with van der Waals surface area (Å²) < 4.78 is 0. The van der Waals surface area contributed by atoms with Crippen LogP contribution in [0.25, 0.3) is 0 Å². The number of fused-ring (bicyclic) bond motifs is 1. The molecule has 4 heterocycles. The van der Waals surface area contributed by atoms with Gasteiger partial charge in [0.05, 0.1) is 0 Å². The number of carboxylic acid groups (broad SMARTS) is 1. The Kier molecular flexibility index (Phi) is 4.33. The molecule has 15 heteroatoms. The number of nitrogens with two attached hydrogens (primary N) is 1. The third-order valence-corrected chi connectivity index (χ3v) is 6.05. The minimum absolute atomic E-state index is 0.00661. The maximum atomic E-state index is 11.9. The topological polar surface area (TPSA) is 182 Å². The van der Waals surface area contributed by atoms with Crippen molar-refractivity contribution in [3.63, 3.8) is 0 Å². The van der Waals surface area contributed by atoms with Crippen LogP contribution in [0.5, 0.6) is 0 Å². The number of carbonyl (C=O) groups is 2. The summed E-state index contributed by atoms with van der Waals surface area (Å²) in [6.07, 6.45) is 0. The largest absolute Gasteiger partial charge is 0.477 e. The van der Waals surface area contributed by atoms with E-state index in [-0.39, 0.29) is 23.5 Å². The average molecular weight is 396 g/mol. The first-order valence-corrected chi connectivity index (χ1v) is 9.36. The fraction of sp³-hybridized carbons (Fsp3) is 0.455. The predicted octanol–water partition coefficient (Wildman–Crippen LogP) is -2.09. The van der Waals surface area contributed by atoms with Gasteiger partial charge in [-0.05, 0) is 10.8 Å². The first kappa shape index (κ1) is 16.9. The summed E-state index contributed by atoms with van der Waals surface area (Å²) >= 11 is 2.69. The number of aromatic nitrogens is 8. The molecule has 2 aromatic rings. The van der Waals surface area contributed by atoms with Gasteiger partial charge in [-0.3, -0.25) is 9.69 Å². The Bertz CT molecular complexity index is 881. The van der Waals surface area contributed by atoms with Crippen LogP contribution in [-0.2, 0) is 16.1 Å². The number of carbonyl (C=O) groups excluding carboxylic acids is 1. The van der Waals surface area contributed by atoms with Crippen molar-refractivity contribution in [2.45, 2.75) is 23.1 Å². The second-order valence-corrected chi connectivity index (χ2v) is 7.46. The van der Waals surface area contributed by atoms with Crippen molar-refractivity contribution in [1.29, 1.82) is 0 Å². The number of hydrogen-bond acceptors (Lipinski definition) is 11. The predicted molar refractivity (Wildman–Crippen MR) is 87.5 cm³/mol. The molecule has 0 aromatic carbocycles. The fourth-order valence-electron chi connectivity index (χ4n) is 2.57. The third kappa shape index (κ3) is 2.93. The Morgan fingerprint density at radius 1 is 1.46 bits per heavy atom. The van der Waals surface area contributed by atoms with Crippen LogP contribution in [0.3, 0.4) is 0 Å². The van der Waals surface area contributed by atoms with Crippen molar-refractivity contribution in [2.75, 3.05) is 11.5 Å². The van der Waals surface area contributed by atoms with Gasteiger partial charge < -0.3 is 10.8 Å². The minimum Gasteiger partial charge on any atom is -0.477 e. The molecular weight excluding hydrogens is 384 g/mol. The number of rotatable bonds is 6. The van der Waals surface area contributed by atoms with Gasteiger partial charge in [0.15, 0.2) is 5.82 Å². The highest BCUT2D eigenvalue weighted by Crippen LogP contribution is 2.40. The molecule has 1 unspecified atom stereocenters. The van der Waals surface area contributed by atoms with Crippen LogP contribution < -0.4 is 5.73 Å². The van der Waals surface area contributed by atoms with E-state index in [0.29, 0.717) is 28.1 Å². The Morgan fingerprint density at radius 3 is 3.04 bits per heavy atom. The normalized spacial score (nSPS) is 22.3. The number of nitrogens with one attached hydrogen (secondary N) is 1. The van der Waals surface area contributed by atoms with E-state index in [1.807, 2.05) is 0 Å². The van der Waals surface area contributed by atoms with Gasteiger partial charge >= 0.3 is 5.97 Å². The molecule has 0 spiro atoms. The van der Waals surface area contributed by atoms with Crippen LogP contribution in [0.15, 0.2) is 16.4 Å². The maximum Gasteiger partial charge on any atom is 0.352 e. The standard InChI is InChI=1S/C11H12N10O3S2/c12-6-8(22)21-7(10(23)24)4(2-25-9(6)21)3-26-11-15-19-20(16-11)1-5-13-17-18-14-5/h6,9H,1-3,12H2,(H,23,24)(H,13,14,17,18)/t6?,9-/m0/s1. The number of aromatic amines is 1. The summed E-state index contributed by atoms with van der Waals surface area (Å²) in [4.78, 5) is 26.1. The first-order valence-electron chi connectivity index (χ1n) is 7.33. The lowest BCUT2D eigenvalue weighted by Crippen LogP contribution is -2.68. The van der Waals surface area contributed by atoms with E-state index in [9.17, 15) is 14.7 Å². The van der Waals surface area contributed by atoms with Gasteiger partial charge in [-0.15, -0.1) is 32.2 Å². The van der Waals surface area contributed by atoms with Crippen LogP contribution in [0.1, 0.15) is 5.82 Å². The molecule has 136 valence electrons. The van der Waals surface area contributed by atoms with Gasteiger partial charge in [0, 0.05) is 11.5 Å². The highest BCUT2D eigenvalue weighted by molar-refractivity contribution is 8.01. The zero-order chi connectivity index (χ0) is 18.3. The zero-order valence-corrected chi connectivity index (χ0v) is 14.6. The summed E-state index contributed by atoms with van der Waals surface area (Å²) in [5, 5.41) is 34.9. The fourth-order valence-corrected chi connectivity index (χ4v) is 4.78. The smallest absolute Gasteiger partial charge is 0.352 e. The van der Waals surface area contributed by atoms with Gasteiger partial charge in [-0.25, -0.2) is 4.79 Å². The lowest BCUT2D eigenvalue weighted by atomic mass is 10.0. The number of thioether (sulfide) groups is 2. The average Bonchev–Trinajstić information content (AvgIpc) is 3.30. The van der Waals surface area contributed by atoms with E-state index in [2.05, 4.69) is 36.0 Å². The molecule has 4 rings (SSSR count). The maximum absolute atomic E-state index is 11.9. The van der Waals surface area contributed by atoms with Crippen LogP contribution in [-0.4, -0.2) is 85.6 Å². The monoisotopic (exact) mass is 396 g/mol. The number of amides is 1. The summed E-state index contributed by atoms with van der Waals surface area (Å²) in [5.74, 6) is -0.287. The van der Waals surface area contributed by atoms with Crippen LogP contribution >= 0.6 is 23.5 Å². The van der Waals surface area contributed by atoms with Crippen LogP contribution in [0.4, 0.5) is 0 Å². The van der Waals surface area contributed by atoms with Crippen molar-refractivity contribution < 1.29 is 14.7 Å². The summed E-state index contributed by atoms with van der Waals surface area (Å²) in [5.41, 5.74) is 6.36. The molecule has 1 amide bonds. The molecule has 2 aliphatic rings. The van der Waals surface area contributed by atoms with E-state index in [1.165, 1.54) is 33.2 Å². The van der Waals surface area contributed by atoms with Crippen molar-refractivity contribution in [1.82, 2.24) is 45.7 Å². The molecule has 1 saturated heterocycles. The van der Waals surface area contributed by atoms with E-state index in [0.717, 1.165) is 0 Å². The van der Waals surface area contributed by atoms with E-state index in [1.54, 1.807) is 0 Å². The molecule has 2 atom stereocenters. The summed E-state index contributed by atoms with van der Waals surface area (Å²) in [7, 11) is 0. The Balaban J connectivity index is 1.46. The second kappa shape index (κ2) is 6.65. The lowest BCUT2D eigenvalue weighted by Gasteiger charge is -2.48. The lowest BCUT2D eigenvalue weighted by molar-refractivity contribution is -0.147. The molecule has 0 saturated carbocycles. The number of aliphatic carboxylic acids is 1.